The molecule has 0 aromatic rings. The van der Waals surface area contributed by atoms with Gasteiger partial charge in [-0.3, -0.25) is 0 Å². The number of hydrogen-bond acceptors (Lipinski definition) is 1. The maximum absolute atomic E-state index is 10.6. The average Bonchev–Trinajstić information content (AvgIpc) is 2.45. The average molecular weight is 389 g/mol. The van der Waals surface area contributed by atoms with Gasteiger partial charge in [-0.1, -0.05) is 0 Å². The van der Waals surface area contributed by atoms with Gasteiger partial charge >= 0.3 is 132 Å². The van der Waals surface area contributed by atoms with Gasteiger partial charge in [0.1, 0.15) is 0 Å². The molecule has 0 heterocycles. The number of aliphatic hydroxyl groups excluding tert-OH is 1. The summed E-state index contributed by atoms with van der Waals surface area (Å²) in [6, 6.07) is 0. The summed E-state index contributed by atoms with van der Waals surface area (Å²) in [5.74, 6) is 0.323. The number of hydrogen-bond donors (Lipinski definition) is 1. The Morgan fingerprint density at radius 3 is 1.50 bits per heavy atom. The molecule has 0 radical (unpaired) electrons. The van der Waals surface area contributed by atoms with E-state index >= 15 is 0 Å². The van der Waals surface area contributed by atoms with Gasteiger partial charge in [0.2, 0.25) is 0 Å². The quantitative estimate of drug-likeness (QED) is 0.409. The molecule has 1 nitrogen and oxygen atoms in total. The van der Waals surface area contributed by atoms with Crippen LogP contribution in [-0.2, 0) is 0 Å². The summed E-state index contributed by atoms with van der Waals surface area (Å²) >= 11 is -2.40. The van der Waals surface area contributed by atoms with Crippen molar-refractivity contribution in [3.8, 4) is 0 Å². The van der Waals surface area contributed by atoms with Gasteiger partial charge in [0.15, 0.2) is 0 Å². The molecule has 0 saturated carbocycles. The fourth-order valence-electron chi connectivity index (χ4n) is 3.12. The van der Waals surface area contributed by atoms with Crippen molar-refractivity contribution in [3.63, 3.8) is 0 Å². The monoisotopic (exact) mass is 390 g/mol. The standard InChI is InChI=1S/C6H11O.3C4H9.Sn/c1-4-6(7)5(2)3;3*1-3-4-2;/h5-7H,1H2,2-3H3;3*1,3-4H2,2H3;. The van der Waals surface area contributed by atoms with E-state index in [1.807, 2.05) is 0 Å². The first-order valence-corrected chi connectivity index (χ1v) is 16.3. The molecule has 1 atom stereocenters. The second kappa shape index (κ2) is 11.1. The Morgan fingerprint density at radius 1 is 0.900 bits per heavy atom. The summed E-state index contributed by atoms with van der Waals surface area (Å²) in [7, 11) is 0. The van der Waals surface area contributed by atoms with Crippen LogP contribution in [0.3, 0.4) is 0 Å². The summed E-state index contributed by atoms with van der Waals surface area (Å²) in [5, 5.41) is 10.6. The van der Waals surface area contributed by atoms with E-state index in [2.05, 4.69) is 41.2 Å². The van der Waals surface area contributed by atoms with Gasteiger partial charge in [-0.2, -0.15) is 0 Å². The number of rotatable bonds is 12. The Balaban J connectivity index is 5.15. The van der Waals surface area contributed by atoms with E-state index in [0.717, 1.165) is 0 Å². The van der Waals surface area contributed by atoms with Gasteiger partial charge in [-0.15, -0.1) is 0 Å². The van der Waals surface area contributed by atoms with Crippen LogP contribution in [0.25, 0.3) is 0 Å². The fraction of sp³-hybridized carbons (Fsp3) is 0.889. The van der Waals surface area contributed by atoms with E-state index in [1.54, 1.807) is 0 Å². The van der Waals surface area contributed by atoms with Gasteiger partial charge in [-0.25, -0.2) is 0 Å². The minimum absolute atomic E-state index is 0.253. The Labute approximate surface area is 132 Å². The first kappa shape index (κ1) is 20.5. The van der Waals surface area contributed by atoms with Crippen LogP contribution in [0.15, 0.2) is 10.2 Å². The third-order valence-electron chi connectivity index (χ3n) is 4.70. The summed E-state index contributed by atoms with van der Waals surface area (Å²) in [5.41, 5.74) is 0. The maximum atomic E-state index is 10.6. The first-order chi connectivity index (χ1) is 9.45. The zero-order chi connectivity index (χ0) is 15.6. The third-order valence-corrected chi connectivity index (χ3v) is 20.7. The van der Waals surface area contributed by atoms with Crippen LogP contribution < -0.4 is 0 Å². The molecule has 0 amide bonds. The van der Waals surface area contributed by atoms with Crippen molar-refractivity contribution in [1.82, 2.24) is 0 Å². The van der Waals surface area contributed by atoms with Crippen molar-refractivity contribution in [2.24, 2.45) is 5.92 Å². The van der Waals surface area contributed by atoms with Crippen molar-refractivity contribution in [1.29, 1.82) is 0 Å². The van der Waals surface area contributed by atoms with E-state index in [9.17, 15) is 5.11 Å². The van der Waals surface area contributed by atoms with Crippen LogP contribution in [0.2, 0.25) is 13.3 Å². The molecule has 120 valence electrons. The van der Waals surface area contributed by atoms with Crippen molar-refractivity contribution in [2.45, 2.75) is 92.6 Å². The molecular weight excluding hydrogens is 351 g/mol. The van der Waals surface area contributed by atoms with Gasteiger partial charge in [0.25, 0.3) is 0 Å². The Kier molecular flexibility index (Phi) is 11.4. The Bertz CT molecular complexity index is 238. The summed E-state index contributed by atoms with van der Waals surface area (Å²) in [6.07, 6.45) is 7.61. The number of unbranched alkanes of at least 4 members (excludes halogenated alkanes) is 3. The second-order valence-electron chi connectivity index (χ2n) is 6.81. The van der Waals surface area contributed by atoms with Gasteiger partial charge < -0.3 is 0 Å². The summed E-state index contributed by atoms with van der Waals surface area (Å²) in [4.78, 5) is 0. The van der Waals surface area contributed by atoms with Crippen LogP contribution in [0, 0.1) is 5.92 Å². The van der Waals surface area contributed by atoms with Crippen molar-refractivity contribution in [2.75, 3.05) is 0 Å². The molecule has 0 aromatic heterocycles. The molecule has 1 unspecified atom stereocenters. The van der Waals surface area contributed by atoms with E-state index in [0.29, 0.717) is 5.92 Å². The normalized spacial score (nSPS) is 13.8. The van der Waals surface area contributed by atoms with E-state index in [4.69, 9.17) is 0 Å². The van der Waals surface area contributed by atoms with Crippen LogP contribution in [0.5, 0.6) is 0 Å². The molecule has 0 saturated heterocycles. The van der Waals surface area contributed by atoms with E-state index < -0.39 is 18.4 Å². The van der Waals surface area contributed by atoms with Crippen molar-refractivity contribution >= 4 is 18.4 Å². The molecule has 1 N–H and O–H groups in total. The zero-order valence-electron chi connectivity index (χ0n) is 14.7. The SMILES string of the molecule is C=[C](C(O)C(C)C)[Sn]([CH2]CCC)([CH2]CCC)[CH2]CCC. The molecule has 0 aliphatic carbocycles. The van der Waals surface area contributed by atoms with E-state index in [1.165, 1.54) is 55.4 Å². The van der Waals surface area contributed by atoms with Crippen molar-refractivity contribution in [3.05, 3.63) is 10.2 Å². The van der Waals surface area contributed by atoms with Gasteiger partial charge in [0.05, 0.1) is 0 Å². The van der Waals surface area contributed by atoms with Crippen molar-refractivity contribution < 1.29 is 5.11 Å². The van der Waals surface area contributed by atoms with E-state index in [-0.39, 0.29) is 6.10 Å². The molecule has 0 aliphatic rings. The molecule has 0 spiro atoms. The van der Waals surface area contributed by atoms with Crippen LogP contribution in [-0.4, -0.2) is 29.6 Å². The summed E-state index contributed by atoms with van der Waals surface area (Å²) in [6.45, 7) is 15.6. The molecular formula is C18H38OSn. The predicted octanol–water partition coefficient (Wildman–Crippen LogP) is 5.95. The Morgan fingerprint density at radius 2 is 1.25 bits per heavy atom. The topological polar surface area (TPSA) is 20.2 Å². The molecule has 20 heavy (non-hydrogen) atoms. The zero-order valence-corrected chi connectivity index (χ0v) is 17.5. The van der Waals surface area contributed by atoms with Crippen LogP contribution >= 0.6 is 0 Å². The predicted molar refractivity (Wildman–Crippen MR) is 94.9 cm³/mol. The molecule has 0 aromatic carbocycles. The van der Waals surface area contributed by atoms with Crippen LogP contribution in [0.4, 0.5) is 0 Å². The molecule has 0 aliphatic heterocycles. The minimum atomic E-state index is -2.40. The van der Waals surface area contributed by atoms with Gasteiger partial charge in [0, 0.05) is 0 Å². The first-order valence-electron chi connectivity index (χ1n) is 8.82. The Hall–Kier alpha value is 0.499. The third kappa shape index (κ3) is 6.51. The summed E-state index contributed by atoms with van der Waals surface area (Å²) < 4.78 is 5.56. The molecule has 0 bridgehead atoms. The molecule has 0 rings (SSSR count). The molecule has 0 fully saturated rings. The number of aliphatic hydroxyl groups is 1. The fourth-order valence-corrected chi connectivity index (χ4v) is 19.6. The van der Waals surface area contributed by atoms with Gasteiger partial charge in [-0.05, 0) is 0 Å². The van der Waals surface area contributed by atoms with Crippen LogP contribution in [0.1, 0.15) is 73.1 Å². The molecule has 2 heteroatoms. The second-order valence-corrected chi connectivity index (χ2v) is 20.2.